The monoisotopic (exact) mass is 384 g/mol. The molecule has 0 saturated carbocycles. The second-order valence-electron chi connectivity index (χ2n) is 6.59. The minimum Gasteiger partial charge on any atom is -0.455 e. The molecule has 1 fully saturated rings. The highest BCUT2D eigenvalue weighted by molar-refractivity contribution is 7.99. The lowest BCUT2D eigenvalue weighted by molar-refractivity contribution is 0.0234. The van der Waals surface area contributed by atoms with Gasteiger partial charge in [0.05, 0.1) is 28.9 Å². The summed E-state index contributed by atoms with van der Waals surface area (Å²) in [5.74, 6) is -0.245. The van der Waals surface area contributed by atoms with Gasteiger partial charge in [-0.1, -0.05) is 43.4 Å². The van der Waals surface area contributed by atoms with Crippen LogP contribution in [0.15, 0.2) is 53.4 Å². The fourth-order valence-corrected chi connectivity index (χ4v) is 4.73. The number of hydrogen-bond acceptors (Lipinski definition) is 6. The molecule has 0 atom stereocenters. The summed E-state index contributed by atoms with van der Waals surface area (Å²) in [6, 6.07) is 15.8. The van der Waals surface area contributed by atoms with Crippen molar-refractivity contribution in [1.82, 2.24) is 4.98 Å². The number of ether oxygens (including phenoxy) is 1. The highest BCUT2D eigenvalue weighted by atomic mass is 32.2. The molecule has 0 aliphatic carbocycles. The van der Waals surface area contributed by atoms with E-state index in [1.54, 1.807) is 23.1 Å². The topological polar surface area (TPSA) is 42.4 Å². The Morgan fingerprint density at radius 1 is 1.23 bits per heavy atom. The first-order valence-corrected chi connectivity index (χ1v) is 10.4. The van der Waals surface area contributed by atoms with E-state index in [-0.39, 0.29) is 12.1 Å². The third-order valence-corrected chi connectivity index (χ3v) is 6.21. The van der Waals surface area contributed by atoms with E-state index in [9.17, 15) is 4.79 Å². The maximum absolute atomic E-state index is 12.4. The van der Waals surface area contributed by atoms with Gasteiger partial charge in [0, 0.05) is 10.1 Å². The Kier molecular flexibility index (Phi) is 4.87. The van der Waals surface area contributed by atoms with Gasteiger partial charge in [-0.05, 0) is 30.3 Å². The van der Waals surface area contributed by atoms with E-state index in [0.717, 1.165) is 15.5 Å². The van der Waals surface area contributed by atoms with Crippen LogP contribution in [-0.4, -0.2) is 35.4 Å². The Balaban J connectivity index is 1.35. The van der Waals surface area contributed by atoms with E-state index >= 15 is 0 Å². The van der Waals surface area contributed by atoms with Crippen LogP contribution in [0.25, 0.3) is 10.2 Å². The number of esters is 1. The molecule has 0 N–H and O–H groups in total. The SMILES string of the molecule is CC(C)Sc1cccc(C(=O)OC2CN(c3nc4ccccc4s3)C2)c1. The molecule has 6 heteroatoms. The number of thioether (sulfide) groups is 1. The summed E-state index contributed by atoms with van der Waals surface area (Å²) < 4.78 is 6.83. The van der Waals surface area contributed by atoms with Crippen molar-refractivity contribution in [2.45, 2.75) is 30.1 Å². The van der Waals surface area contributed by atoms with Crippen molar-refractivity contribution in [1.29, 1.82) is 0 Å². The highest BCUT2D eigenvalue weighted by Gasteiger charge is 2.32. The van der Waals surface area contributed by atoms with Crippen LogP contribution in [0.5, 0.6) is 0 Å². The van der Waals surface area contributed by atoms with Gasteiger partial charge in [0.15, 0.2) is 5.13 Å². The number of thiazole rings is 1. The van der Waals surface area contributed by atoms with Crippen LogP contribution >= 0.6 is 23.1 Å². The van der Waals surface area contributed by atoms with E-state index in [1.165, 1.54) is 4.70 Å². The smallest absolute Gasteiger partial charge is 0.338 e. The summed E-state index contributed by atoms with van der Waals surface area (Å²) in [6.07, 6.45) is -0.0732. The number of nitrogens with zero attached hydrogens (tertiary/aromatic N) is 2. The van der Waals surface area contributed by atoms with E-state index in [4.69, 9.17) is 4.74 Å². The summed E-state index contributed by atoms with van der Waals surface area (Å²) in [6.45, 7) is 5.68. The van der Waals surface area contributed by atoms with Crippen LogP contribution in [0.4, 0.5) is 5.13 Å². The lowest BCUT2D eigenvalue weighted by atomic mass is 10.2. The molecule has 2 aromatic carbocycles. The molecule has 1 aliphatic rings. The van der Waals surface area contributed by atoms with E-state index in [2.05, 4.69) is 29.8 Å². The molecule has 2 heterocycles. The first-order valence-electron chi connectivity index (χ1n) is 8.67. The van der Waals surface area contributed by atoms with Gasteiger partial charge in [-0.3, -0.25) is 0 Å². The van der Waals surface area contributed by atoms with Crippen molar-refractivity contribution in [3.63, 3.8) is 0 Å². The fourth-order valence-electron chi connectivity index (χ4n) is 2.85. The van der Waals surface area contributed by atoms with Gasteiger partial charge in [0.2, 0.25) is 0 Å². The lowest BCUT2D eigenvalue weighted by Gasteiger charge is -2.38. The van der Waals surface area contributed by atoms with Gasteiger partial charge in [0.25, 0.3) is 0 Å². The van der Waals surface area contributed by atoms with E-state index in [0.29, 0.717) is 23.9 Å². The predicted molar refractivity (Wildman–Crippen MR) is 108 cm³/mol. The average Bonchev–Trinajstić information content (AvgIpc) is 3.00. The molecule has 1 saturated heterocycles. The number of aromatic nitrogens is 1. The maximum atomic E-state index is 12.4. The van der Waals surface area contributed by atoms with Crippen molar-refractivity contribution >= 4 is 44.4 Å². The molecule has 1 aromatic heterocycles. The number of para-hydroxylation sites is 1. The van der Waals surface area contributed by atoms with Crippen LogP contribution in [0.2, 0.25) is 0 Å². The minimum absolute atomic E-state index is 0.0732. The fraction of sp³-hybridized carbons (Fsp3) is 0.300. The number of fused-ring (bicyclic) bond motifs is 1. The van der Waals surface area contributed by atoms with Gasteiger partial charge in [-0.2, -0.15) is 0 Å². The van der Waals surface area contributed by atoms with Crippen molar-refractivity contribution < 1.29 is 9.53 Å². The lowest BCUT2D eigenvalue weighted by Crippen LogP contribution is -2.53. The number of benzene rings is 2. The number of anilines is 1. The molecule has 1 aliphatic heterocycles. The molecule has 134 valence electrons. The largest absolute Gasteiger partial charge is 0.455 e. The van der Waals surface area contributed by atoms with Gasteiger partial charge in [-0.15, -0.1) is 11.8 Å². The molecule has 0 radical (unpaired) electrons. The van der Waals surface area contributed by atoms with E-state index in [1.807, 2.05) is 42.5 Å². The maximum Gasteiger partial charge on any atom is 0.338 e. The van der Waals surface area contributed by atoms with Crippen LogP contribution in [0.3, 0.4) is 0 Å². The highest BCUT2D eigenvalue weighted by Crippen LogP contribution is 2.32. The van der Waals surface area contributed by atoms with Crippen molar-refractivity contribution in [3.05, 3.63) is 54.1 Å². The van der Waals surface area contributed by atoms with Crippen molar-refractivity contribution in [3.8, 4) is 0 Å². The molecule has 0 bridgehead atoms. The normalized spacial score (nSPS) is 14.7. The summed E-state index contributed by atoms with van der Waals surface area (Å²) in [4.78, 5) is 20.3. The molecule has 3 aromatic rings. The second kappa shape index (κ2) is 7.29. The second-order valence-corrected chi connectivity index (χ2v) is 9.25. The Morgan fingerprint density at radius 2 is 2.04 bits per heavy atom. The third kappa shape index (κ3) is 3.71. The van der Waals surface area contributed by atoms with Gasteiger partial charge in [-0.25, -0.2) is 9.78 Å². The molecule has 0 amide bonds. The predicted octanol–water partition coefficient (Wildman–Crippen LogP) is 4.84. The number of carbonyl (C=O) groups excluding carboxylic acids is 1. The third-order valence-electron chi connectivity index (χ3n) is 4.12. The summed E-state index contributed by atoms with van der Waals surface area (Å²) >= 11 is 3.42. The zero-order valence-electron chi connectivity index (χ0n) is 14.7. The van der Waals surface area contributed by atoms with Crippen LogP contribution in [0, 0.1) is 0 Å². The molecular weight excluding hydrogens is 364 g/mol. The summed E-state index contributed by atoms with van der Waals surface area (Å²) in [5.41, 5.74) is 1.64. The molecule has 4 rings (SSSR count). The average molecular weight is 385 g/mol. The van der Waals surface area contributed by atoms with Gasteiger partial charge in [0.1, 0.15) is 6.10 Å². The summed E-state index contributed by atoms with van der Waals surface area (Å²) in [5, 5.41) is 1.48. The minimum atomic E-state index is -0.245. The van der Waals surface area contributed by atoms with E-state index < -0.39 is 0 Å². The Labute approximate surface area is 161 Å². The van der Waals surface area contributed by atoms with Crippen molar-refractivity contribution in [2.24, 2.45) is 0 Å². The molecule has 26 heavy (non-hydrogen) atoms. The van der Waals surface area contributed by atoms with Gasteiger partial charge >= 0.3 is 5.97 Å². The Morgan fingerprint density at radius 3 is 2.81 bits per heavy atom. The van der Waals surface area contributed by atoms with Crippen molar-refractivity contribution in [2.75, 3.05) is 18.0 Å². The number of carbonyl (C=O) groups is 1. The number of hydrogen-bond donors (Lipinski definition) is 0. The van der Waals surface area contributed by atoms with Gasteiger partial charge < -0.3 is 9.64 Å². The molecular formula is C20H20N2O2S2. The quantitative estimate of drug-likeness (QED) is 0.465. The molecule has 0 spiro atoms. The zero-order valence-corrected chi connectivity index (χ0v) is 16.3. The first-order chi connectivity index (χ1) is 12.6. The summed E-state index contributed by atoms with van der Waals surface area (Å²) in [7, 11) is 0. The Hall–Kier alpha value is -2.05. The Bertz CT molecular complexity index is 899. The first kappa shape index (κ1) is 17.4. The van der Waals surface area contributed by atoms with Crippen LogP contribution < -0.4 is 4.90 Å². The molecule has 4 nitrogen and oxygen atoms in total. The van der Waals surface area contributed by atoms with Crippen LogP contribution in [0.1, 0.15) is 24.2 Å². The standard InChI is InChI=1S/C20H20N2O2S2/c1-13(2)25-16-7-5-6-14(10-16)19(23)24-15-11-22(12-15)20-21-17-8-3-4-9-18(17)26-20/h3-10,13,15H,11-12H2,1-2H3. The zero-order chi connectivity index (χ0) is 18.1. The molecule has 0 unspecified atom stereocenters. The van der Waals surface area contributed by atoms with Crippen LogP contribution in [-0.2, 0) is 4.74 Å². The number of rotatable bonds is 5.